The molecule has 2 atom stereocenters. The van der Waals surface area contributed by atoms with Crippen LogP contribution in [-0.2, 0) is 16.4 Å². The van der Waals surface area contributed by atoms with E-state index in [2.05, 4.69) is 0 Å². The molecule has 1 aromatic carbocycles. The van der Waals surface area contributed by atoms with Gasteiger partial charge in [0.25, 0.3) is 0 Å². The van der Waals surface area contributed by atoms with E-state index in [0.717, 1.165) is 9.87 Å². The van der Waals surface area contributed by atoms with Crippen molar-refractivity contribution in [2.75, 3.05) is 19.0 Å². The molecule has 7 heteroatoms. The molecule has 0 saturated carbocycles. The molecule has 19 heavy (non-hydrogen) atoms. The summed E-state index contributed by atoms with van der Waals surface area (Å²) in [5.41, 5.74) is 0.968. The van der Waals surface area contributed by atoms with Crippen LogP contribution < -0.4 is 0 Å². The number of rotatable bonds is 4. The number of β-amino-alcohol motifs (C(OH)–C–C–N with tert-alkyl or cyclic N) is 2. The van der Waals surface area contributed by atoms with Gasteiger partial charge in [0.2, 0.25) is 10.0 Å². The van der Waals surface area contributed by atoms with E-state index in [1.165, 1.54) is 12.1 Å². The first-order valence-electron chi connectivity index (χ1n) is 5.96. The molecular weight excluding hydrogens is 290 g/mol. The van der Waals surface area contributed by atoms with Gasteiger partial charge in [0.15, 0.2) is 0 Å². The van der Waals surface area contributed by atoms with Crippen LogP contribution in [0, 0.1) is 0 Å². The van der Waals surface area contributed by atoms with Crippen molar-refractivity contribution in [2.45, 2.75) is 23.5 Å². The molecule has 0 aromatic heterocycles. The summed E-state index contributed by atoms with van der Waals surface area (Å²) in [7, 11) is -3.66. The molecule has 0 aliphatic carbocycles. The fourth-order valence-electron chi connectivity index (χ4n) is 2.02. The van der Waals surface area contributed by atoms with E-state index >= 15 is 0 Å². The zero-order valence-electron chi connectivity index (χ0n) is 10.2. The predicted octanol–water partition coefficient (Wildman–Crippen LogP) is 0.194. The van der Waals surface area contributed by atoms with Crippen LogP contribution in [-0.4, -0.2) is 54.1 Å². The summed E-state index contributed by atoms with van der Waals surface area (Å²) in [4.78, 5) is 0.159. The highest BCUT2D eigenvalue weighted by molar-refractivity contribution is 7.89. The summed E-state index contributed by atoms with van der Waals surface area (Å²) in [6.07, 6.45) is -1.36. The van der Waals surface area contributed by atoms with E-state index in [0.29, 0.717) is 12.3 Å². The van der Waals surface area contributed by atoms with Crippen LogP contribution >= 0.6 is 11.6 Å². The molecular formula is C12H16ClNO4S. The summed E-state index contributed by atoms with van der Waals surface area (Å²) >= 11 is 5.62. The Balaban J connectivity index is 2.20. The van der Waals surface area contributed by atoms with Crippen LogP contribution in [0.5, 0.6) is 0 Å². The minimum absolute atomic E-state index is 0.0765. The number of aliphatic hydroxyl groups excluding tert-OH is 2. The first-order valence-corrected chi connectivity index (χ1v) is 7.94. The molecule has 0 spiro atoms. The minimum Gasteiger partial charge on any atom is -0.389 e. The van der Waals surface area contributed by atoms with Gasteiger partial charge in [-0.05, 0) is 24.1 Å². The van der Waals surface area contributed by atoms with Gasteiger partial charge in [-0.2, -0.15) is 4.31 Å². The molecule has 2 N–H and O–H groups in total. The third kappa shape index (κ3) is 3.09. The highest BCUT2D eigenvalue weighted by atomic mass is 35.5. The Bertz CT molecular complexity index is 521. The molecule has 1 aliphatic heterocycles. The van der Waals surface area contributed by atoms with E-state index in [1.54, 1.807) is 12.1 Å². The van der Waals surface area contributed by atoms with Crippen LogP contribution in [0.15, 0.2) is 29.2 Å². The molecule has 0 amide bonds. The first kappa shape index (κ1) is 14.7. The molecule has 106 valence electrons. The molecule has 0 radical (unpaired) electrons. The maximum Gasteiger partial charge on any atom is 0.243 e. The lowest BCUT2D eigenvalue weighted by Gasteiger charge is -2.15. The van der Waals surface area contributed by atoms with Gasteiger partial charge >= 0.3 is 0 Å². The molecule has 2 unspecified atom stereocenters. The van der Waals surface area contributed by atoms with Crippen molar-refractivity contribution in [3.05, 3.63) is 29.8 Å². The smallest absolute Gasteiger partial charge is 0.243 e. The number of sulfonamides is 1. The third-order valence-electron chi connectivity index (χ3n) is 3.17. The average molecular weight is 306 g/mol. The highest BCUT2D eigenvalue weighted by Gasteiger charge is 2.37. The molecule has 2 rings (SSSR count). The number of benzene rings is 1. The monoisotopic (exact) mass is 305 g/mol. The second-order valence-electron chi connectivity index (χ2n) is 4.54. The van der Waals surface area contributed by atoms with E-state index < -0.39 is 22.2 Å². The van der Waals surface area contributed by atoms with Gasteiger partial charge in [-0.1, -0.05) is 12.1 Å². The van der Waals surface area contributed by atoms with Gasteiger partial charge in [0, 0.05) is 19.0 Å². The van der Waals surface area contributed by atoms with Crippen LogP contribution in [0.3, 0.4) is 0 Å². The quantitative estimate of drug-likeness (QED) is 0.779. The largest absolute Gasteiger partial charge is 0.389 e. The van der Waals surface area contributed by atoms with Crippen molar-refractivity contribution in [1.29, 1.82) is 0 Å². The Labute approximate surface area is 117 Å². The topological polar surface area (TPSA) is 77.8 Å². The van der Waals surface area contributed by atoms with Crippen molar-refractivity contribution >= 4 is 21.6 Å². The Hall–Kier alpha value is -0.660. The normalized spacial score (nSPS) is 24.8. The number of hydrogen-bond acceptors (Lipinski definition) is 4. The van der Waals surface area contributed by atoms with E-state index in [-0.39, 0.29) is 18.0 Å². The zero-order valence-corrected chi connectivity index (χ0v) is 11.8. The van der Waals surface area contributed by atoms with Gasteiger partial charge in [-0.3, -0.25) is 0 Å². The summed E-state index contributed by atoms with van der Waals surface area (Å²) < 4.78 is 25.6. The molecule has 5 nitrogen and oxygen atoms in total. The fraction of sp³-hybridized carbons (Fsp3) is 0.500. The predicted molar refractivity (Wildman–Crippen MR) is 71.6 cm³/mol. The van der Waals surface area contributed by atoms with Crippen molar-refractivity contribution in [3.8, 4) is 0 Å². The summed E-state index contributed by atoms with van der Waals surface area (Å²) in [5, 5.41) is 18.8. The van der Waals surface area contributed by atoms with Crippen molar-refractivity contribution in [3.63, 3.8) is 0 Å². The Morgan fingerprint density at radius 2 is 1.68 bits per heavy atom. The van der Waals surface area contributed by atoms with Gasteiger partial charge in [-0.25, -0.2) is 8.42 Å². The Kier molecular flexibility index (Phi) is 4.47. The third-order valence-corrected chi connectivity index (χ3v) is 5.20. The highest BCUT2D eigenvalue weighted by Crippen LogP contribution is 2.21. The summed E-state index contributed by atoms with van der Waals surface area (Å²) in [6.45, 7) is -0.153. The first-order chi connectivity index (χ1) is 8.95. The van der Waals surface area contributed by atoms with Gasteiger partial charge in [-0.15, -0.1) is 11.6 Å². The SMILES string of the molecule is O=S(=O)(c1ccc(CCCl)cc1)N1CC(O)C(O)C1. The molecule has 0 bridgehead atoms. The van der Waals surface area contributed by atoms with E-state index in [9.17, 15) is 18.6 Å². The molecule has 1 heterocycles. The minimum atomic E-state index is -3.66. The lowest BCUT2D eigenvalue weighted by Crippen LogP contribution is -2.29. The molecule has 1 aliphatic rings. The van der Waals surface area contributed by atoms with Crippen molar-refractivity contribution in [1.82, 2.24) is 4.31 Å². The van der Waals surface area contributed by atoms with Crippen LogP contribution in [0.2, 0.25) is 0 Å². The number of hydrogen-bond donors (Lipinski definition) is 2. The lowest BCUT2D eigenvalue weighted by molar-refractivity contribution is 0.0572. The van der Waals surface area contributed by atoms with Crippen molar-refractivity contribution < 1.29 is 18.6 Å². The summed E-state index contributed by atoms with van der Waals surface area (Å²) in [6, 6.07) is 6.49. The number of halogens is 1. The Morgan fingerprint density at radius 1 is 1.16 bits per heavy atom. The van der Waals surface area contributed by atoms with Gasteiger partial charge < -0.3 is 10.2 Å². The Morgan fingerprint density at radius 3 is 2.16 bits per heavy atom. The number of aryl methyl sites for hydroxylation is 1. The molecule has 1 aromatic rings. The second-order valence-corrected chi connectivity index (χ2v) is 6.86. The van der Waals surface area contributed by atoms with E-state index in [1.807, 2.05) is 0 Å². The second kappa shape index (κ2) is 5.76. The summed E-state index contributed by atoms with van der Waals surface area (Å²) in [5.74, 6) is 0.483. The average Bonchev–Trinajstić information content (AvgIpc) is 2.71. The lowest BCUT2D eigenvalue weighted by atomic mass is 10.2. The van der Waals surface area contributed by atoms with Gasteiger partial charge in [0.05, 0.1) is 17.1 Å². The number of alkyl halides is 1. The van der Waals surface area contributed by atoms with Crippen molar-refractivity contribution in [2.24, 2.45) is 0 Å². The van der Waals surface area contributed by atoms with E-state index in [4.69, 9.17) is 11.6 Å². The standard InChI is InChI=1S/C12H16ClNO4S/c13-6-5-9-1-3-10(4-2-9)19(17,18)14-7-11(15)12(16)8-14/h1-4,11-12,15-16H,5-8H2. The van der Waals surface area contributed by atoms with Gasteiger partial charge in [0.1, 0.15) is 0 Å². The van der Waals surface area contributed by atoms with Crippen LogP contribution in [0.4, 0.5) is 0 Å². The molecule has 1 fully saturated rings. The van der Waals surface area contributed by atoms with Crippen LogP contribution in [0.25, 0.3) is 0 Å². The van der Waals surface area contributed by atoms with Crippen LogP contribution in [0.1, 0.15) is 5.56 Å². The zero-order chi connectivity index (χ0) is 14.0. The molecule has 1 saturated heterocycles. The number of aliphatic hydroxyl groups is 2. The maximum absolute atomic E-state index is 12.3. The number of nitrogens with zero attached hydrogens (tertiary/aromatic N) is 1. The maximum atomic E-state index is 12.3. The fourth-order valence-corrected chi connectivity index (χ4v) is 3.71.